The van der Waals surface area contributed by atoms with Crippen molar-refractivity contribution in [2.45, 2.75) is 12.5 Å². The number of rotatable bonds is 3. The Kier molecular flexibility index (Phi) is 3.17. The quantitative estimate of drug-likeness (QED) is 0.887. The Hall–Kier alpha value is -2.34. The Morgan fingerprint density at radius 2 is 2.14 bits per heavy atom. The highest BCUT2D eigenvalue weighted by Gasteiger charge is 2.35. The highest BCUT2D eigenvalue weighted by Crippen LogP contribution is 2.41. The smallest absolute Gasteiger partial charge is 0.264 e. The molecule has 108 valence electrons. The van der Waals surface area contributed by atoms with Crippen LogP contribution in [0.3, 0.4) is 0 Å². The van der Waals surface area contributed by atoms with E-state index in [2.05, 4.69) is 22.9 Å². The molecule has 1 atom stereocenters. The average molecular weight is 301 g/mol. The van der Waals surface area contributed by atoms with Gasteiger partial charge in [0.1, 0.15) is 0 Å². The van der Waals surface area contributed by atoms with E-state index >= 15 is 0 Å². The van der Waals surface area contributed by atoms with Crippen molar-refractivity contribution in [3.63, 3.8) is 0 Å². The molecule has 1 aliphatic rings. The van der Waals surface area contributed by atoms with Gasteiger partial charge in [-0.1, -0.05) is 30.9 Å². The Morgan fingerprint density at radius 3 is 2.86 bits per heavy atom. The number of pyridine rings is 1. The predicted octanol–water partition coefficient (Wildman–Crippen LogP) is 2.97. The molecule has 0 aliphatic carbocycles. The molecule has 5 nitrogen and oxygen atoms in total. The largest absolute Gasteiger partial charge is 0.324 e. The zero-order valence-electron chi connectivity index (χ0n) is 11.4. The number of aromatic nitrogens is 1. The van der Waals surface area contributed by atoms with E-state index in [0.29, 0.717) is 17.6 Å². The van der Waals surface area contributed by atoms with Crippen LogP contribution < -0.4 is 4.72 Å². The Bertz CT molecular complexity index is 830. The molecule has 2 aromatic rings. The molecule has 3 rings (SSSR count). The lowest BCUT2D eigenvalue weighted by atomic mass is 9.99. The minimum Gasteiger partial charge on any atom is -0.264 e. The lowest BCUT2D eigenvalue weighted by Gasteiger charge is -2.35. The van der Waals surface area contributed by atoms with Crippen LogP contribution in [0.2, 0.25) is 0 Å². The van der Waals surface area contributed by atoms with Crippen LogP contribution in [0, 0.1) is 0 Å². The van der Waals surface area contributed by atoms with Crippen molar-refractivity contribution in [2.75, 3.05) is 4.72 Å². The van der Waals surface area contributed by atoms with Gasteiger partial charge >= 0.3 is 10.2 Å². The topological polar surface area (TPSA) is 62.3 Å². The lowest BCUT2D eigenvalue weighted by molar-refractivity contribution is 0.408. The SMILES string of the molecule is C=CCC1c2ccc3cccnc3c2NS(=O)(=O)N1C=C. The van der Waals surface area contributed by atoms with Crippen LogP contribution in [-0.4, -0.2) is 17.7 Å². The minimum atomic E-state index is -3.67. The highest BCUT2D eigenvalue weighted by atomic mass is 32.2. The fraction of sp³-hybridized carbons (Fsp3) is 0.133. The monoisotopic (exact) mass is 301 g/mol. The van der Waals surface area contributed by atoms with Gasteiger partial charge in [-0.05, 0) is 12.5 Å². The van der Waals surface area contributed by atoms with E-state index in [1.165, 1.54) is 10.5 Å². The van der Waals surface area contributed by atoms with E-state index in [4.69, 9.17) is 0 Å². The molecular weight excluding hydrogens is 286 g/mol. The molecule has 0 saturated carbocycles. The first-order chi connectivity index (χ1) is 10.1. The summed E-state index contributed by atoms with van der Waals surface area (Å²) < 4.78 is 28.6. The fourth-order valence-corrected chi connectivity index (χ4v) is 3.95. The fourth-order valence-electron chi connectivity index (χ4n) is 2.65. The van der Waals surface area contributed by atoms with Crippen molar-refractivity contribution in [2.24, 2.45) is 0 Å². The zero-order chi connectivity index (χ0) is 15.0. The molecule has 1 unspecified atom stereocenters. The van der Waals surface area contributed by atoms with E-state index < -0.39 is 10.2 Å². The molecule has 0 radical (unpaired) electrons. The second-order valence-electron chi connectivity index (χ2n) is 4.76. The maximum absolute atomic E-state index is 12.4. The number of benzene rings is 1. The summed E-state index contributed by atoms with van der Waals surface area (Å²) >= 11 is 0. The summed E-state index contributed by atoms with van der Waals surface area (Å²) in [6.07, 6.45) is 5.17. The van der Waals surface area contributed by atoms with Crippen molar-refractivity contribution in [1.82, 2.24) is 9.29 Å². The molecule has 0 fully saturated rings. The summed E-state index contributed by atoms with van der Waals surface area (Å²) in [4.78, 5) is 4.31. The van der Waals surface area contributed by atoms with Gasteiger partial charge in [0.15, 0.2) is 0 Å². The Morgan fingerprint density at radius 1 is 1.33 bits per heavy atom. The van der Waals surface area contributed by atoms with Crippen molar-refractivity contribution in [3.8, 4) is 0 Å². The van der Waals surface area contributed by atoms with Gasteiger partial charge < -0.3 is 0 Å². The van der Waals surface area contributed by atoms with Crippen LogP contribution in [0.15, 0.2) is 55.9 Å². The number of fused-ring (bicyclic) bond motifs is 3. The predicted molar refractivity (Wildman–Crippen MR) is 83.9 cm³/mol. The molecular formula is C15H15N3O2S. The summed E-state index contributed by atoms with van der Waals surface area (Å²) in [6.45, 7) is 7.32. The Labute approximate surface area is 123 Å². The maximum atomic E-state index is 12.4. The molecule has 1 aromatic carbocycles. The maximum Gasteiger partial charge on any atom is 0.324 e. The number of nitrogens with zero attached hydrogens (tertiary/aromatic N) is 2. The van der Waals surface area contributed by atoms with Crippen molar-refractivity contribution < 1.29 is 8.42 Å². The second-order valence-corrected chi connectivity index (χ2v) is 6.34. The number of nitrogens with one attached hydrogen (secondary N) is 1. The van der Waals surface area contributed by atoms with E-state index in [9.17, 15) is 8.42 Å². The average Bonchev–Trinajstić information content (AvgIpc) is 2.46. The first-order valence-corrected chi connectivity index (χ1v) is 7.95. The molecule has 1 N–H and O–H groups in total. The zero-order valence-corrected chi connectivity index (χ0v) is 12.2. The third kappa shape index (κ3) is 2.08. The summed E-state index contributed by atoms with van der Waals surface area (Å²) in [5.41, 5.74) is 2.06. The van der Waals surface area contributed by atoms with Crippen LogP contribution in [0.1, 0.15) is 18.0 Å². The normalized spacial score (nSPS) is 19.6. The summed E-state index contributed by atoms with van der Waals surface area (Å²) in [5.74, 6) is 0. The van der Waals surface area contributed by atoms with Gasteiger partial charge in [0.05, 0.1) is 17.2 Å². The molecule has 0 spiro atoms. The molecule has 0 saturated heterocycles. The number of hydrogen-bond donors (Lipinski definition) is 1. The van der Waals surface area contributed by atoms with Gasteiger partial charge in [0.2, 0.25) is 0 Å². The van der Waals surface area contributed by atoms with Gasteiger partial charge in [-0.2, -0.15) is 8.42 Å². The van der Waals surface area contributed by atoms with Gasteiger partial charge in [0, 0.05) is 23.3 Å². The van der Waals surface area contributed by atoms with Crippen molar-refractivity contribution >= 4 is 26.8 Å². The first-order valence-electron chi connectivity index (χ1n) is 6.51. The Balaban J connectivity index is 2.31. The highest BCUT2D eigenvalue weighted by molar-refractivity contribution is 7.90. The van der Waals surface area contributed by atoms with Crippen molar-refractivity contribution in [3.05, 3.63) is 61.5 Å². The molecule has 1 aromatic heterocycles. The lowest BCUT2D eigenvalue weighted by Crippen LogP contribution is -2.39. The molecule has 21 heavy (non-hydrogen) atoms. The molecule has 2 heterocycles. The number of hydrogen-bond acceptors (Lipinski definition) is 3. The van der Waals surface area contributed by atoms with Gasteiger partial charge in [-0.3, -0.25) is 14.0 Å². The summed E-state index contributed by atoms with van der Waals surface area (Å²) in [5, 5.41) is 0.892. The third-order valence-electron chi connectivity index (χ3n) is 3.55. The molecule has 0 amide bonds. The third-order valence-corrected chi connectivity index (χ3v) is 4.97. The second kappa shape index (κ2) is 4.89. The van der Waals surface area contributed by atoms with Crippen LogP contribution in [-0.2, 0) is 10.2 Å². The van der Waals surface area contributed by atoms with E-state index in [0.717, 1.165) is 10.9 Å². The summed E-state index contributed by atoms with van der Waals surface area (Å²) in [7, 11) is -3.67. The standard InChI is InChI=1S/C15H15N3O2S/c1-3-6-13-12-9-8-11-7-5-10-16-14(11)15(12)17-21(19,20)18(13)4-2/h3-5,7-10,13,17H,1-2,6H2. The van der Waals surface area contributed by atoms with Gasteiger partial charge in [0.25, 0.3) is 0 Å². The van der Waals surface area contributed by atoms with Gasteiger partial charge in [-0.15, -0.1) is 6.58 Å². The summed E-state index contributed by atoms with van der Waals surface area (Å²) in [6, 6.07) is 7.24. The number of anilines is 1. The van der Waals surface area contributed by atoms with Crippen LogP contribution in [0.4, 0.5) is 5.69 Å². The van der Waals surface area contributed by atoms with Crippen LogP contribution in [0.25, 0.3) is 10.9 Å². The molecule has 1 aliphatic heterocycles. The van der Waals surface area contributed by atoms with Crippen molar-refractivity contribution in [1.29, 1.82) is 0 Å². The minimum absolute atomic E-state index is 0.354. The molecule has 6 heteroatoms. The van der Waals surface area contributed by atoms with E-state index in [-0.39, 0.29) is 6.04 Å². The van der Waals surface area contributed by atoms with Crippen LogP contribution >= 0.6 is 0 Å². The van der Waals surface area contributed by atoms with E-state index in [1.807, 2.05) is 24.3 Å². The molecule has 0 bridgehead atoms. The first kappa shape index (κ1) is 13.6. The van der Waals surface area contributed by atoms with E-state index in [1.54, 1.807) is 12.3 Å². The van der Waals surface area contributed by atoms with Gasteiger partial charge in [-0.25, -0.2) is 0 Å². The van der Waals surface area contributed by atoms with Crippen LogP contribution in [0.5, 0.6) is 0 Å².